The van der Waals surface area contributed by atoms with Gasteiger partial charge >= 0.3 is 0 Å². The van der Waals surface area contributed by atoms with Crippen LogP contribution in [0.1, 0.15) is 22.2 Å². The van der Waals surface area contributed by atoms with E-state index in [4.69, 9.17) is 4.52 Å². The molecule has 1 amide bonds. The Hall–Kier alpha value is -2.84. The van der Waals surface area contributed by atoms with Gasteiger partial charge in [-0.2, -0.15) is 4.98 Å². The van der Waals surface area contributed by atoms with E-state index < -0.39 is 0 Å². The third kappa shape index (κ3) is 5.16. The lowest BCUT2D eigenvalue weighted by Crippen LogP contribution is -2.25. The normalized spacial score (nSPS) is 10.9. The van der Waals surface area contributed by atoms with Crippen LogP contribution in [-0.4, -0.2) is 27.6 Å². The molecule has 0 radical (unpaired) electrons. The molecule has 1 aromatic carbocycles. The molecule has 0 aliphatic carbocycles. The summed E-state index contributed by atoms with van der Waals surface area (Å²) in [5.74, 6) is 1.00. The number of carbonyl (C=O) groups excluding carboxylic acids is 1. The minimum Gasteiger partial charge on any atom is -0.356 e. The summed E-state index contributed by atoms with van der Waals surface area (Å²) in [5.41, 5.74) is 1.93. The zero-order valence-electron chi connectivity index (χ0n) is 15.9. The minimum atomic E-state index is -0.0173. The first-order valence-corrected chi connectivity index (χ1v) is 11.0. The molecule has 0 saturated carbocycles. The zero-order chi connectivity index (χ0) is 20.1. The van der Waals surface area contributed by atoms with Crippen LogP contribution in [0.15, 0.2) is 52.4 Å². The van der Waals surface area contributed by atoms with E-state index in [9.17, 15) is 4.79 Å². The van der Waals surface area contributed by atoms with E-state index >= 15 is 0 Å². The number of benzene rings is 1. The second-order valence-electron chi connectivity index (χ2n) is 6.50. The summed E-state index contributed by atoms with van der Waals surface area (Å²) >= 11 is 3.38. The van der Waals surface area contributed by atoms with Crippen molar-refractivity contribution < 1.29 is 9.32 Å². The van der Waals surface area contributed by atoms with E-state index in [0.717, 1.165) is 22.7 Å². The van der Waals surface area contributed by atoms with Crippen LogP contribution < -0.4 is 5.32 Å². The first kappa shape index (κ1) is 19.5. The molecule has 4 aromatic rings. The molecular formula is C21H20N4O2S2. The van der Waals surface area contributed by atoms with Gasteiger partial charge in [-0.15, -0.1) is 22.7 Å². The van der Waals surface area contributed by atoms with Gasteiger partial charge in [0.05, 0.1) is 15.6 Å². The quantitative estimate of drug-likeness (QED) is 0.450. The first-order valence-electron chi connectivity index (χ1n) is 9.33. The predicted octanol–water partition coefficient (Wildman–Crippen LogP) is 4.52. The molecule has 6 nitrogen and oxygen atoms in total. The molecule has 3 aromatic heterocycles. The molecule has 0 spiro atoms. The molecule has 8 heteroatoms. The lowest BCUT2D eigenvalue weighted by molar-refractivity contribution is -0.121. The number of nitrogens with one attached hydrogen (secondary N) is 1. The number of thiophene rings is 1. The van der Waals surface area contributed by atoms with E-state index in [1.54, 1.807) is 22.7 Å². The highest BCUT2D eigenvalue weighted by molar-refractivity contribution is 7.16. The highest BCUT2D eigenvalue weighted by Gasteiger charge is 2.11. The van der Waals surface area contributed by atoms with Crippen LogP contribution >= 0.6 is 22.7 Å². The molecule has 0 aliphatic rings. The molecule has 29 heavy (non-hydrogen) atoms. The summed E-state index contributed by atoms with van der Waals surface area (Å²) in [4.78, 5) is 23.4. The zero-order valence-corrected chi connectivity index (χ0v) is 17.6. The third-order valence-electron chi connectivity index (χ3n) is 4.29. The van der Waals surface area contributed by atoms with Crippen molar-refractivity contribution >= 4 is 28.6 Å². The van der Waals surface area contributed by atoms with Crippen LogP contribution in [0.2, 0.25) is 0 Å². The molecule has 0 aliphatic heterocycles. The van der Waals surface area contributed by atoms with Crippen LogP contribution in [0.4, 0.5) is 0 Å². The smallest absolute Gasteiger partial charge is 0.227 e. The maximum Gasteiger partial charge on any atom is 0.227 e. The molecule has 0 bridgehead atoms. The highest BCUT2D eigenvalue weighted by Crippen LogP contribution is 2.29. The van der Waals surface area contributed by atoms with Crippen molar-refractivity contribution in [1.29, 1.82) is 0 Å². The highest BCUT2D eigenvalue weighted by atomic mass is 32.1. The summed E-state index contributed by atoms with van der Waals surface area (Å²) in [6.45, 7) is 2.61. The summed E-state index contributed by atoms with van der Waals surface area (Å²) < 4.78 is 5.25. The Balaban J connectivity index is 1.21. The van der Waals surface area contributed by atoms with E-state index in [0.29, 0.717) is 31.1 Å². The number of rotatable bonds is 8. The fraction of sp³-hybridized carbons (Fsp3) is 0.238. The van der Waals surface area contributed by atoms with Gasteiger partial charge in [0.15, 0.2) is 0 Å². The Morgan fingerprint density at radius 1 is 1.10 bits per heavy atom. The number of hydrogen-bond donors (Lipinski definition) is 1. The van der Waals surface area contributed by atoms with Gasteiger partial charge in [-0.25, -0.2) is 4.98 Å². The Labute approximate surface area is 176 Å². The van der Waals surface area contributed by atoms with Crippen LogP contribution in [-0.2, 0) is 17.6 Å². The number of amides is 1. The number of carbonyl (C=O) groups is 1. The molecular weight excluding hydrogens is 404 g/mol. The number of aromatic nitrogens is 3. The third-order valence-corrected chi connectivity index (χ3v) is 6.23. The standard InChI is InChI=1S/C21H20N4O2S2/c1-14-23-17(13-28-14)18-8-7-16(29-18)11-12-22-19(26)9-10-20-24-21(25-27-20)15-5-3-2-4-6-15/h2-8,13H,9-12H2,1H3,(H,22,26). The summed E-state index contributed by atoms with van der Waals surface area (Å²) in [6, 6.07) is 13.8. The number of thiazole rings is 1. The van der Waals surface area contributed by atoms with Gasteiger partial charge in [-0.1, -0.05) is 35.5 Å². The van der Waals surface area contributed by atoms with Crippen LogP contribution in [0, 0.1) is 6.92 Å². The first-order chi connectivity index (χ1) is 14.2. The van der Waals surface area contributed by atoms with Crippen LogP contribution in [0.25, 0.3) is 22.0 Å². The molecule has 1 N–H and O–H groups in total. The largest absolute Gasteiger partial charge is 0.356 e. The van der Waals surface area contributed by atoms with Crippen molar-refractivity contribution in [2.45, 2.75) is 26.2 Å². The van der Waals surface area contributed by atoms with Crippen molar-refractivity contribution in [2.24, 2.45) is 0 Å². The van der Waals surface area contributed by atoms with Gasteiger partial charge in [0.25, 0.3) is 0 Å². The summed E-state index contributed by atoms with van der Waals surface area (Å²) in [5, 5.41) is 10.1. The minimum absolute atomic E-state index is 0.0173. The average molecular weight is 425 g/mol. The molecule has 148 valence electrons. The van der Waals surface area contributed by atoms with Crippen molar-refractivity contribution in [1.82, 2.24) is 20.4 Å². The molecule has 0 saturated heterocycles. The Morgan fingerprint density at radius 2 is 1.97 bits per heavy atom. The van der Waals surface area contributed by atoms with Gasteiger partial charge in [-0.05, 0) is 25.5 Å². The van der Waals surface area contributed by atoms with Crippen molar-refractivity contribution in [2.75, 3.05) is 6.54 Å². The Kier molecular flexibility index (Phi) is 6.12. The fourth-order valence-corrected chi connectivity index (χ4v) is 4.48. The van der Waals surface area contributed by atoms with Gasteiger partial charge in [-0.3, -0.25) is 4.79 Å². The predicted molar refractivity (Wildman–Crippen MR) is 115 cm³/mol. The summed E-state index contributed by atoms with van der Waals surface area (Å²) in [7, 11) is 0. The lowest BCUT2D eigenvalue weighted by Gasteiger charge is -2.02. The second kappa shape index (κ2) is 9.11. The van der Waals surface area contributed by atoms with E-state index in [1.165, 1.54) is 9.75 Å². The van der Waals surface area contributed by atoms with E-state index in [-0.39, 0.29) is 5.91 Å². The Morgan fingerprint density at radius 3 is 2.76 bits per heavy atom. The van der Waals surface area contributed by atoms with Crippen LogP contribution in [0.3, 0.4) is 0 Å². The second-order valence-corrected chi connectivity index (χ2v) is 8.73. The number of aryl methyl sites for hydroxylation is 2. The number of hydrogen-bond acceptors (Lipinski definition) is 7. The van der Waals surface area contributed by atoms with Crippen molar-refractivity contribution in [3.8, 4) is 22.0 Å². The topological polar surface area (TPSA) is 80.9 Å². The lowest BCUT2D eigenvalue weighted by atomic mass is 10.2. The van der Waals surface area contributed by atoms with Gasteiger partial charge in [0, 0.05) is 35.2 Å². The maximum atomic E-state index is 12.1. The maximum absolute atomic E-state index is 12.1. The van der Waals surface area contributed by atoms with Gasteiger partial charge in [0.2, 0.25) is 17.6 Å². The molecule has 0 atom stereocenters. The van der Waals surface area contributed by atoms with E-state index in [1.807, 2.05) is 37.3 Å². The van der Waals surface area contributed by atoms with Crippen LogP contribution in [0.5, 0.6) is 0 Å². The number of nitrogens with zero attached hydrogens (tertiary/aromatic N) is 3. The SMILES string of the molecule is Cc1nc(-c2ccc(CCNC(=O)CCc3nc(-c4ccccc4)no3)s2)cs1. The summed E-state index contributed by atoms with van der Waals surface area (Å²) in [6.07, 6.45) is 1.56. The van der Waals surface area contributed by atoms with Crippen molar-refractivity contribution in [3.63, 3.8) is 0 Å². The Bertz CT molecular complexity index is 1090. The fourth-order valence-electron chi connectivity index (χ4n) is 2.82. The average Bonchev–Trinajstić information content (AvgIpc) is 3.48. The molecule has 4 rings (SSSR count). The van der Waals surface area contributed by atoms with Gasteiger partial charge < -0.3 is 9.84 Å². The molecule has 0 fully saturated rings. The molecule has 0 unspecified atom stereocenters. The van der Waals surface area contributed by atoms with Gasteiger partial charge in [0.1, 0.15) is 0 Å². The van der Waals surface area contributed by atoms with Crippen molar-refractivity contribution in [3.05, 3.63) is 63.6 Å². The monoisotopic (exact) mass is 424 g/mol. The van der Waals surface area contributed by atoms with E-state index in [2.05, 4.69) is 38.0 Å². The molecule has 3 heterocycles.